The molecular formula is C25H14ClN3. The number of benzene rings is 3. The maximum absolute atomic E-state index is 9.27. The van der Waals surface area contributed by atoms with Gasteiger partial charge in [-0.3, -0.25) is 0 Å². The molecule has 0 unspecified atom stereocenters. The number of hydrogen-bond acceptors (Lipinski definition) is 3. The van der Waals surface area contributed by atoms with Crippen LogP contribution in [0.3, 0.4) is 0 Å². The number of hydrogen-bond donors (Lipinski definition) is 0. The molecular weight excluding hydrogens is 378 g/mol. The second-order valence-electron chi connectivity index (χ2n) is 6.32. The lowest BCUT2D eigenvalue weighted by Crippen LogP contribution is -1.91. The molecule has 2 heterocycles. The van der Waals surface area contributed by atoms with Crippen LogP contribution in [0, 0.1) is 11.3 Å². The zero-order chi connectivity index (χ0) is 25.0. The summed E-state index contributed by atoms with van der Waals surface area (Å²) in [5.74, 6) is 0. The van der Waals surface area contributed by atoms with E-state index in [9.17, 15) is 5.26 Å². The van der Waals surface area contributed by atoms with E-state index in [0.29, 0.717) is 21.7 Å². The van der Waals surface area contributed by atoms with E-state index in [1.54, 1.807) is 48.5 Å². The molecule has 0 atom stereocenters. The highest BCUT2D eigenvalue weighted by molar-refractivity contribution is 6.30. The minimum Gasteiger partial charge on any atom is -0.245 e. The summed E-state index contributed by atoms with van der Waals surface area (Å²) in [6.07, 6.45) is 0. The fourth-order valence-electron chi connectivity index (χ4n) is 3.05. The summed E-state index contributed by atoms with van der Waals surface area (Å²) in [7, 11) is 0. The Bertz CT molecular complexity index is 1750. The fourth-order valence-corrected chi connectivity index (χ4v) is 3.24. The molecule has 5 aromatic rings. The van der Waals surface area contributed by atoms with Gasteiger partial charge in [0.05, 0.1) is 42.3 Å². The van der Waals surface area contributed by atoms with Gasteiger partial charge in [0.1, 0.15) is 0 Å². The fraction of sp³-hybridized carbons (Fsp3) is 0. The van der Waals surface area contributed by atoms with E-state index in [1.165, 1.54) is 0 Å². The Balaban J connectivity index is 1.96. The van der Waals surface area contributed by atoms with Crippen molar-refractivity contribution in [2.45, 2.75) is 0 Å². The topological polar surface area (TPSA) is 49.6 Å². The monoisotopic (exact) mass is 397 g/mol. The van der Waals surface area contributed by atoms with Crippen molar-refractivity contribution >= 4 is 33.4 Å². The Hall–Kier alpha value is -3.74. The smallest absolute Gasteiger partial charge is 0.0991 e. The number of nitrogens with zero attached hydrogens (tertiary/aromatic N) is 3. The number of aromatic nitrogens is 2. The van der Waals surface area contributed by atoms with Crippen LogP contribution >= 0.6 is 11.6 Å². The molecule has 5 rings (SSSR count). The van der Waals surface area contributed by atoms with Gasteiger partial charge in [-0.15, -0.1) is 0 Å². The summed E-state index contributed by atoms with van der Waals surface area (Å²) in [6, 6.07) is 13.4. The summed E-state index contributed by atoms with van der Waals surface area (Å²) >= 11 is 6.13. The van der Waals surface area contributed by atoms with Crippen LogP contribution in [0.25, 0.3) is 44.3 Å². The average Bonchev–Trinajstić information content (AvgIpc) is 2.85. The third-order valence-corrected chi connectivity index (χ3v) is 4.67. The lowest BCUT2D eigenvalue weighted by molar-refractivity contribution is 1.36. The first kappa shape index (κ1) is 12.0. The van der Waals surface area contributed by atoms with Crippen LogP contribution < -0.4 is 0 Å². The first-order valence-corrected chi connectivity index (χ1v) is 9.08. The van der Waals surface area contributed by atoms with Gasteiger partial charge in [0.2, 0.25) is 0 Å². The van der Waals surface area contributed by atoms with E-state index in [2.05, 4.69) is 9.97 Å². The van der Waals surface area contributed by atoms with Gasteiger partial charge in [0.25, 0.3) is 0 Å². The SMILES string of the molecule is [2H]c1c(-c2cccc(Cl)c2)nc2c(c1[2H])c([2H])c([2H])c1c([2H])c([2H])c(-c3cccc(C#N)c3)nc12. The number of pyridine rings is 2. The van der Waals surface area contributed by atoms with Gasteiger partial charge >= 0.3 is 0 Å². The number of fused-ring (bicyclic) bond motifs is 3. The van der Waals surface area contributed by atoms with Crippen molar-refractivity contribution in [2.75, 3.05) is 0 Å². The van der Waals surface area contributed by atoms with Gasteiger partial charge in [0, 0.05) is 26.9 Å². The lowest BCUT2D eigenvalue weighted by Gasteiger charge is -2.08. The highest BCUT2D eigenvalue weighted by atomic mass is 35.5. The van der Waals surface area contributed by atoms with Gasteiger partial charge < -0.3 is 0 Å². The maximum Gasteiger partial charge on any atom is 0.0991 e. The molecule has 0 spiro atoms. The molecule has 0 radical (unpaired) electrons. The molecule has 0 amide bonds. The van der Waals surface area contributed by atoms with Crippen molar-refractivity contribution in [2.24, 2.45) is 0 Å². The third kappa shape index (κ3) is 3.20. The van der Waals surface area contributed by atoms with E-state index in [1.807, 2.05) is 6.07 Å². The molecule has 3 aromatic carbocycles. The van der Waals surface area contributed by atoms with Crippen LogP contribution in [0.4, 0.5) is 0 Å². The maximum atomic E-state index is 9.27. The van der Waals surface area contributed by atoms with Crippen molar-refractivity contribution in [1.29, 1.82) is 5.26 Å². The second-order valence-corrected chi connectivity index (χ2v) is 6.76. The summed E-state index contributed by atoms with van der Waals surface area (Å²) in [5, 5.41) is 9.63. The van der Waals surface area contributed by atoms with Crippen molar-refractivity contribution in [3.05, 3.63) is 95.4 Å². The van der Waals surface area contributed by atoms with E-state index >= 15 is 0 Å². The van der Waals surface area contributed by atoms with Crippen LogP contribution in [0.15, 0.2) is 84.8 Å². The van der Waals surface area contributed by atoms with Crippen LogP contribution in [-0.4, -0.2) is 9.97 Å². The largest absolute Gasteiger partial charge is 0.245 e. The zero-order valence-electron chi connectivity index (χ0n) is 20.8. The van der Waals surface area contributed by atoms with Crippen molar-refractivity contribution in [3.8, 4) is 28.6 Å². The molecule has 29 heavy (non-hydrogen) atoms. The van der Waals surface area contributed by atoms with Gasteiger partial charge in [-0.05, 0) is 36.4 Å². The number of nitriles is 1. The predicted octanol–water partition coefficient (Wildman–Crippen LogP) is 6.64. The molecule has 2 aromatic heterocycles. The van der Waals surface area contributed by atoms with E-state index < -0.39 is 0 Å². The van der Waals surface area contributed by atoms with Gasteiger partial charge in [-0.2, -0.15) is 5.26 Å². The molecule has 3 nitrogen and oxygen atoms in total. The summed E-state index contributed by atoms with van der Waals surface area (Å²) in [4.78, 5) is 9.17. The van der Waals surface area contributed by atoms with Crippen molar-refractivity contribution in [3.63, 3.8) is 0 Å². The molecule has 0 aliphatic carbocycles. The molecule has 0 aliphatic heterocycles. The Morgan fingerprint density at radius 2 is 1.31 bits per heavy atom. The second kappa shape index (κ2) is 7.01. The van der Waals surface area contributed by atoms with Crippen LogP contribution in [0.5, 0.6) is 0 Å². The quantitative estimate of drug-likeness (QED) is 0.313. The summed E-state index contributed by atoms with van der Waals surface area (Å²) in [6.45, 7) is 0. The molecule has 4 heteroatoms. The first-order chi connectivity index (χ1) is 16.7. The van der Waals surface area contributed by atoms with Gasteiger partial charge in [-0.25, -0.2) is 9.97 Å². The lowest BCUT2D eigenvalue weighted by atomic mass is 10.0. The predicted molar refractivity (Wildman–Crippen MR) is 118 cm³/mol. The van der Waals surface area contributed by atoms with Gasteiger partial charge in [-0.1, -0.05) is 60.0 Å². The van der Waals surface area contributed by atoms with Gasteiger partial charge in [0.15, 0.2) is 0 Å². The Labute approximate surface area is 181 Å². The number of rotatable bonds is 2. The van der Waals surface area contributed by atoms with E-state index in [4.69, 9.17) is 19.8 Å². The zero-order valence-corrected chi connectivity index (χ0v) is 15.6. The van der Waals surface area contributed by atoms with Crippen LogP contribution in [0.1, 0.15) is 13.8 Å². The van der Waals surface area contributed by atoms with Crippen molar-refractivity contribution < 1.29 is 8.22 Å². The van der Waals surface area contributed by atoms with Crippen LogP contribution in [-0.2, 0) is 0 Å². The summed E-state index contributed by atoms with van der Waals surface area (Å²) < 4.78 is 51.2. The highest BCUT2D eigenvalue weighted by Crippen LogP contribution is 2.29. The van der Waals surface area contributed by atoms with E-state index in [0.717, 1.165) is 0 Å². The third-order valence-electron chi connectivity index (χ3n) is 4.43. The van der Waals surface area contributed by atoms with Crippen LogP contribution in [0.2, 0.25) is 5.02 Å². The number of halogens is 1. The Kier molecular flexibility index (Phi) is 2.89. The minimum absolute atomic E-state index is 0.0281. The minimum atomic E-state index is -0.360. The Morgan fingerprint density at radius 1 is 0.759 bits per heavy atom. The molecule has 136 valence electrons. The molecule has 0 fully saturated rings. The molecule has 0 aliphatic rings. The standard InChI is InChI=1S/C25H14ClN3/c26-21-6-2-5-20(14-21)23-12-10-18-8-7-17-9-11-22(28-24(17)25(18)29-23)19-4-1-3-16(13-19)15-27/h1-14H/i7D,8D,9D,10D,11D,12D. The van der Waals surface area contributed by atoms with Crippen molar-refractivity contribution in [1.82, 2.24) is 9.97 Å². The normalized spacial score (nSPS) is 13.8. The highest BCUT2D eigenvalue weighted by Gasteiger charge is 2.09. The molecule has 0 N–H and O–H groups in total. The average molecular weight is 398 g/mol. The summed E-state index contributed by atoms with van der Waals surface area (Å²) in [5.41, 5.74) is 1.73. The van der Waals surface area contributed by atoms with E-state index in [-0.39, 0.29) is 69.4 Å². The molecule has 0 saturated carbocycles. The first-order valence-electron chi connectivity index (χ1n) is 11.7. The molecule has 0 bridgehead atoms. The molecule has 0 saturated heterocycles. The Morgan fingerprint density at radius 3 is 1.90 bits per heavy atom.